The van der Waals surface area contributed by atoms with Crippen LogP contribution in [-0.4, -0.2) is 43.2 Å². The molecule has 1 aliphatic heterocycles. The molecule has 0 aromatic carbocycles. The van der Waals surface area contributed by atoms with Gasteiger partial charge in [-0.1, -0.05) is 6.07 Å². The van der Waals surface area contributed by atoms with Crippen molar-refractivity contribution in [3.8, 4) is 16.4 Å². The number of hydrogen-bond donors (Lipinski definition) is 0. The zero-order valence-electron chi connectivity index (χ0n) is 13.5. The zero-order chi connectivity index (χ0) is 17.2. The van der Waals surface area contributed by atoms with Crippen LogP contribution < -0.4 is 5.69 Å². The fourth-order valence-electron chi connectivity index (χ4n) is 2.99. The number of carbonyl (C=O) groups excluding carboxylic acids is 1. The van der Waals surface area contributed by atoms with E-state index in [-0.39, 0.29) is 18.1 Å². The van der Waals surface area contributed by atoms with Gasteiger partial charge in [-0.05, 0) is 36.4 Å². The molecule has 1 aliphatic rings. The van der Waals surface area contributed by atoms with Crippen LogP contribution in [0.1, 0.15) is 12.8 Å². The Bertz CT molecular complexity index is 924. The van der Waals surface area contributed by atoms with Gasteiger partial charge in [0, 0.05) is 19.3 Å². The number of amides is 1. The van der Waals surface area contributed by atoms with E-state index in [1.165, 1.54) is 20.6 Å². The third-order valence-corrected chi connectivity index (χ3v) is 5.09. The molecular formula is C17H17N5O2S. The van der Waals surface area contributed by atoms with E-state index in [1.54, 1.807) is 29.4 Å². The fourth-order valence-corrected chi connectivity index (χ4v) is 3.69. The molecule has 0 bridgehead atoms. The molecule has 8 heteroatoms. The summed E-state index contributed by atoms with van der Waals surface area (Å²) >= 11 is 1.50. The average molecular weight is 355 g/mol. The van der Waals surface area contributed by atoms with E-state index in [0.717, 1.165) is 30.8 Å². The first-order chi connectivity index (χ1) is 12.2. The molecule has 128 valence electrons. The van der Waals surface area contributed by atoms with Gasteiger partial charge in [0.2, 0.25) is 5.91 Å². The van der Waals surface area contributed by atoms with Gasteiger partial charge in [0.15, 0.2) is 5.82 Å². The van der Waals surface area contributed by atoms with Crippen molar-refractivity contribution in [3.05, 3.63) is 52.5 Å². The van der Waals surface area contributed by atoms with Crippen molar-refractivity contribution in [3.63, 3.8) is 0 Å². The van der Waals surface area contributed by atoms with Crippen LogP contribution in [0.25, 0.3) is 16.4 Å². The van der Waals surface area contributed by atoms with E-state index in [4.69, 9.17) is 0 Å². The van der Waals surface area contributed by atoms with E-state index in [2.05, 4.69) is 10.1 Å². The van der Waals surface area contributed by atoms with E-state index >= 15 is 0 Å². The number of pyridine rings is 1. The van der Waals surface area contributed by atoms with E-state index in [9.17, 15) is 9.59 Å². The SMILES string of the molecule is O=C(Cn1nc(-c2cccs2)n(-c2cccnc2)c1=O)N1CCCC1. The molecule has 3 aromatic heterocycles. The highest BCUT2D eigenvalue weighted by Gasteiger charge is 2.22. The van der Waals surface area contributed by atoms with Gasteiger partial charge < -0.3 is 4.90 Å². The number of carbonyl (C=O) groups is 1. The van der Waals surface area contributed by atoms with Crippen LogP contribution in [-0.2, 0) is 11.3 Å². The summed E-state index contributed by atoms with van der Waals surface area (Å²) in [4.78, 5) is 32.1. The number of rotatable bonds is 4. The Balaban J connectivity index is 1.76. The van der Waals surface area contributed by atoms with Crippen LogP contribution in [0.2, 0.25) is 0 Å². The first-order valence-corrected chi connectivity index (χ1v) is 9.04. The highest BCUT2D eigenvalue weighted by molar-refractivity contribution is 7.13. The van der Waals surface area contributed by atoms with E-state index < -0.39 is 0 Å². The first-order valence-electron chi connectivity index (χ1n) is 8.16. The van der Waals surface area contributed by atoms with Gasteiger partial charge in [-0.3, -0.25) is 9.78 Å². The summed E-state index contributed by atoms with van der Waals surface area (Å²) in [5, 5.41) is 6.37. The molecule has 0 aliphatic carbocycles. The van der Waals surface area contributed by atoms with Crippen molar-refractivity contribution in [1.82, 2.24) is 24.2 Å². The largest absolute Gasteiger partial charge is 0.351 e. The number of aromatic nitrogens is 4. The Morgan fingerprint density at radius 2 is 2.04 bits per heavy atom. The first kappa shape index (κ1) is 15.8. The summed E-state index contributed by atoms with van der Waals surface area (Å²) in [7, 11) is 0. The second kappa shape index (κ2) is 6.64. The number of likely N-dealkylation sites (tertiary alicyclic amines) is 1. The summed E-state index contributed by atoms with van der Waals surface area (Å²) in [5.41, 5.74) is 0.305. The molecule has 0 spiro atoms. The Hall–Kier alpha value is -2.74. The molecule has 1 amide bonds. The predicted octanol–water partition coefficient (Wildman–Crippen LogP) is 1.78. The summed E-state index contributed by atoms with van der Waals surface area (Å²) in [6.07, 6.45) is 5.31. The lowest BCUT2D eigenvalue weighted by atomic mass is 10.4. The maximum Gasteiger partial charge on any atom is 0.351 e. The van der Waals surface area contributed by atoms with Crippen molar-refractivity contribution in [2.24, 2.45) is 0 Å². The predicted molar refractivity (Wildman–Crippen MR) is 94.7 cm³/mol. The molecule has 0 unspecified atom stereocenters. The second-order valence-corrected chi connectivity index (χ2v) is 6.82. The molecule has 4 heterocycles. The molecule has 1 fully saturated rings. The quantitative estimate of drug-likeness (QED) is 0.715. The van der Waals surface area contributed by atoms with Crippen molar-refractivity contribution < 1.29 is 4.79 Å². The molecule has 7 nitrogen and oxygen atoms in total. The number of nitrogens with zero attached hydrogens (tertiary/aromatic N) is 5. The van der Waals surface area contributed by atoms with Gasteiger partial charge >= 0.3 is 5.69 Å². The maximum atomic E-state index is 12.9. The molecule has 0 saturated carbocycles. The van der Waals surface area contributed by atoms with E-state index in [1.807, 2.05) is 17.5 Å². The van der Waals surface area contributed by atoms with Crippen LogP contribution in [0.5, 0.6) is 0 Å². The molecule has 3 aromatic rings. The van der Waals surface area contributed by atoms with Crippen LogP contribution in [0.15, 0.2) is 46.8 Å². The minimum Gasteiger partial charge on any atom is -0.341 e. The minimum atomic E-state index is -0.330. The van der Waals surface area contributed by atoms with Crippen molar-refractivity contribution in [1.29, 1.82) is 0 Å². The number of thiophene rings is 1. The standard InChI is InChI=1S/C17H17N5O2S/c23-15(20-8-1-2-9-20)12-21-17(24)22(13-5-3-7-18-11-13)16(19-21)14-6-4-10-25-14/h3-7,10-11H,1-2,8-9,12H2. The van der Waals surface area contributed by atoms with Crippen molar-refractivity contribution >= 4 is 17.2 Å². The van der Waals surface area contributed by atoms with E-state index in [0.29, 0.717) is 11.5 Å². The van der Waals surface area contributed by atoms with Gasteiger partial charge in [0.05, 0.1) is 16.8 Å². The Kier molecular flexibility index (Phi) is 4.19. The number of hydrogen-bond acceptors (Lipinski definition) is 5. The van der Waals surface area contributed by atoms with Crippen LogP contribution in [0.4, 0.5) is 0 Å². The molecule has 0 radical (unpaired) electrons. The third-order valence-electron chi connectivity index (χ3n) is 4.23. The van der Waals surface area contributed by atoms with Gasteiger partial charge in [-0.2, -0.15) is 0 Å². The van der Waals surface area contributed by atoms with Crippen molar-refractivity contribution in [2.75, 3.05) is 13.1 Å². The lowest BCUT2D eigenvalue weighted by molar-refractivity contribution is -0.131. The summed E-state index contributed by atoms with van der Waals surface area (Å²) < 4.78 is 2.76. The normalized spacial score (nSPS) is 14.2. The Morgan fingerprint density at radius 3 is 2.72 bits per heavy atom. The van der Waals surface area contributed by atoms with Gasteiger partial charge in [0.1, 0.15) is 6.54 Å². The van der Waals surface area contributed by atoms with Gasteiger partial charge in [0.25, 0.3) is 0 Å². The van der Waals surface area contributed by atoms with Gasteiger partial charge in [-0.25, -0.2) is 14.0 Å². The smallest absolute Gasteiger partial charge is 0.341 e. The molecular weight excluding hydrogens is 338 g/mol. The molecule has 25 heavy (non-hydrogen) atoms. The molecule has 4 rings (SSSR count). The van der Waals surface area contributed by atoms with Crippen molar-refractivity contribution in [2.45, 2.75) is 19.4 Å². The Morgan fingerprint density at radius 1 is 1.20 bits per heavy atom. The second-order valence-electron chi connectivity index (χ2n) is 5.88. The molecule has 1 saturated heterocycles. The lowest BCUT2D eigenvalue weighted by Crippen LogP contribution is -2.35. The highest BCUT2D eigenvalue weighted by Crippen LogP contribution is 2.23. The summed E-state index contributed by atoms with van der Waals surface area (Å²) in [6.45, 7) is 1.48. The Labute approximate surface area is 148 Å². The summed E-state index contributed by atoms with van der Waals surface area (Å²) in [6, 6.07) is 7.39. The third kappa shape index (κ3) is 3.00. The highest BCUT2D eigenvalue weighted by atomic mass is 32.1. The van der Waals surface area contributed by atoms with Crippen LogP contribution in [0, 0.1) is 0 Å². The monoisotopic (exact) mass is 355 g/mol. The zero-order valence-corrected chi connectivity index (χ0v) is 14.4. The maximum absolute atomic E-state index is 12.9. The average Bonchev–Trinajstić information content (AvgIpc) is 3.38. The molecule has 0 atom stereocenters. The fraction of sp³-hybridized carbons (Fsp3) is 0.294. The van der Waals surface area contributed by atoms with Gasteiger partial charge in [-0.15, -0.1) is 16.4 Å². The van der Waals surface area contributed by atoms with Crippen LogP contribution >= 0.6 is 11.3 Å². The topological polar surface area (TPSA) is 73.0 Å². The molecule has 0 N–H and O–H groups in total. The lowest BCUT2D eigenvalue weighted by Gasteiger charge is -2.14. The minimum absolute atomic E-state index is 0.0372. The summed E-state index contributed by atoms with van der Waals surface area (Å²) in [5.74, 6) is 0.468. The van der Waals surface area contributed by atoms with Crippen LogP contribution in [0.3, 0.4) is 0 Å².